The van der Waals surface area contributed by atoms with Crippen LogP contribution < -0.4 is 9.62 Å². The van der Waals surface area contributed by atoms with Gasteiger partial charge in [-0.05, 0) is 61.4 Å². The van der Waals surface area contributed by atoms with Gasteiger partial charge in [0, 0.05) is 39.1 Å². The molecule has 4 aromatic carbocycles. The summed E-state index contributed by atoms with van der Waals surface area (Å²) in [4.78, 5) is 29.9. The van der Waals surface area contributed by atoms with Gasteiger partial charge in [-0.3, -0.25) is 13.9 Å². The van der Waals surface area contributed by atoms with E-state index < -0.39 is 28.5 Å². The van der Waals surface area contributed by atoms with Gasteiger partial charge in [-0.15, -0.1) is 0 Å². The van der Waals surface area contributed by atoms with Crippen molar-refractivity contribution in [2.75, 3.05) is 10.8 Å². The van der Waals surface area contributed by atoms with Crippen molar-refractivity contribution in [1.82, 2.24) is 10.2 Å². The highest BCUT2D eigenvalue weighted by Gasteiger charge is 2.35. The Morgan fingerprint density at radius 1 is 0.867 bits per heavy atom. The molecule has 1 N–H and O–H groups in total. The number of anilines is 1. The molecule has 0 aliphatic rings. The fourth-order valence-corrected chi connectivity index (χ4v) is 7.06. The zero-order valence-electron chi connectivity index (χ0n) is 24.9. The van der Waals surface area contributed by atoms with Crippen LogP contribution in [0.4, 0.5) is 5.69 Å². The Bertz CT molecular complexity index is 1710. The molecule has 11 heteroatoms. The van der Waals surface area contributed by atoms with Crippen LogP contribution in [0.5, 0.6) is 0 Å². The van der Waals surface area contributed by atoms with Crippen LogP contribution in [-0.2, 0) is 32.6 Å². The summed E-state index contributed by atoms with van der Waals surface area (Å²) in [5.74, 6) is -0.977. The highest BCUT2D eigenvalue weighted by molar-refractivity contribution is 9.10. The molecule has 0 fully saturated rings. The number of rotatable bonds is 13. The quantitative estimate of drug-likeness (QED) is 0.154. The van der Waals surface area contributed by atoms with Gasteiger partial charge >= 0.3 is 0 Å². The second kappa shape index (κ2) is 15.8. The lowest BCUT2D eigenvalue weighted by molar-refractivity contribution is -0.140. The molecule has 0 aliphatic carbocycles. The molecule has 4 rings (SSSR count). The molecule has 0 saturated carbocycles. The maximum atomic E-state index is 14.6. The van der Waals surface area contributed by atoms with Crippen LogP contribution in [-0.4, -0.2) is 43.8 Å². The molecular formula is C34H34BrCl2N3O4S. The first kappa shape index (κ1) is 34.5. The van der Waals surface area contributed by atoms with E-state index in [2.05, 4.69) is 21.2 Å². The van der Waals surface area contributed by atoms with Crippen molar-refractivity contribution < 1.29 is 18.0 Å². The molecule has 45 heavy (non-hydrogen) atoms. The normalized spacial score (nSPS) is 12.6. The van der Waals surface area contributed by atoms with Gasteiger partial charge in [0.25, 0.3) is 10.0 Å². The van der Waals surface area contributed by atoms with Gasteiger partial charge in [0.05, 0.1) is 10.6 Å². The van der Waals surface area contributed by atoms with Crippen molar-refractivity contribution in [3.05, 3.63) is 129 Å². The third-order valence-electron chi connectivity index (χ3n) is 7.37. The second-order valence-corrected chi connectivity index (χ2v) is 14.1. The van der Waals surface area contributed by atoms with E-state index in [1.54, 1.807) is 60.7 Å². The first-order chi connectivity index (χ1) is 21.5. The summed E-state index contributed by atoms with van der Waals surface area (Å²) in [6.07, 6.45) is 0.860. The first-order valence-electron chi connectivity index (χ1n) is 14.4. The van der Waals surface area contributed by atoms with E-state index in [1.807, 2.05) is 44.2 Å². The molecule has 0 unspecified atom stereocenters. The average molecular weight is 732 g/mol. The molecule has 4 aromatic rings. The van der Waals surface area contributed by atoms with Crippen molar-refractivity contribution in [2.24, 2.45) is 0 Å². The molecule has 0 bridgehead atoms. The number of sulfonamides is 1. The van der Waals surface area contributed by atoms with E-state index in [9.17, 15) is 18.0 Å². The average Bonchev–Trinajstić information content (AvgIpc) is 3.03. The monoisotopic (exact) mass is 729 g/mol. The minimum atomic E-state index is -4.20. The van der Waals surface area contributed by atoms with Crippen LogP contribution in [0.1, 0.15) is 31.4 Å². The molecule has 2 amide bonds. The summed E-state index contributed by atoms with van der Waals surface area (Å²) in [6.45, 7) is 3.13. The van der Waals surface area contributed by atoms with E-state index in [-0.39, 0.29) is 35.5 Å². The fraction of sp³-hybridized carbons (Fsp3) is 0.235. The molecule has 0 saturated heterocycles. The molecule has 0 radical (unpaired) electrons. The summed E-state index contributed by atoms with van der Waals surface area (Å²) in [7, 11) is -4.20. The third kappa shape index (κ3) is 8.88. The van der Waals surface area contributed by atoms with Gasteiger partial charge in [-0.1, -0.05) is 107 Å². The predicted octanol–water partition coefficient (Wildman–Crippen LogP) is 7.51. The van der Waals surface area contributed by atoms with Crippen LogP contribution in [0.2, 0.25) is 10.0 Å². The Balaban J connectivity index is 1.84. The summed E-state index contributed by atoms with van der Waals surface area (Å²) in [5, 5.41) is 3.65. The number of carbonyl (C=O) groups excluding carboxylic acids is 2. The summed E-state index contributed by atoms with van der Waals surface area (Å²) in [5.41, 5.74) is 1.55. The second-order valence-electron chi connectivity index (χ2n) is 10.5. The minimum Gasteiger partial charge on any atom is -0.352 e. The standard InChI is InChI=1S/C34H34BrCl2N3O4S/c1-3-24(2)38-34(42)32(20-25-12-6-4-7-13-25)39(22-29-30(36)18-11-19-31(29)37)33(41)23-40(27-15-10-14-26(35)21-27)45(43,44)28-16-8-5-9-17-28/h4-19,21,24,32H,3,20,22-23H2,1-2H3,(H,38,42)/t24-,32+/m0/s1. The highest BCUT2D eigenvalue weighted by atomic mass is 79.9. The fourth-order valence-electron chi connectivity index (χ4n) is 4.73. The lowest BCUT2D eigenvalue weighted by Gasteiger charge is -2.34. The van der Waals surface area contributed by atoms with Gasteiger partial charge in [0.1, 0.15) is 12.6 Å². The molecule has 236 valence electrons. The number of amides is 2. The molecule has 7 nitrogen and oxygen atoms in total. The van der Waals surface area contributed by atoms with E-state index >= 15 is 0 Å². The Morgan fingerprint density at radius 3 is 2.07 bits per heavy atom. The number of halogens is 3. The van der Waals surface area contributed by atoms with Crippen LogP contribution in [0.25, 0.3) is 0 Å². The molecule has 2 atom stereocenters. The number of nitrogens with zero attached hydrogens (tertiary/aromatic N) is 2. The number of carbonyl (C=O) groups is 2. The van der Waals surface area contributed by atoms with Crippen molar-refractivity contribution in [1.29, 1.82) is 0 Å². The maximum Gasteiger partial charge on any atom is 0.264 e. The third-order valence-corrected chi connectivity index (χ3v) is 10.4. The van der Waals surface area contributed by atoms with E-state index in [4.69, 9.17) is 23.2 Å². The van der Waals surface area contributed by atoms with Gasteiger partial charge in [-0.25, -0.2) is 8.42 Å². The van der Waals surface area contributed by atoms with Crippen molar-refractivity contribution in [3.63, 3.8) is 0 Å². The summed E-state index contributed by atoms with van der Waals surface area (Å²) >= 11 is 16.6. The molecule has 0 aliphatic heterocycles. The van der Waals surface area contributed by atoms with Gasteiger partial charge in [0.2, 0.25) is 11.8 Å². The van der Waals surface area contributed by atoms with E-state index in [1.165, 1.54) is 17.0 Å². The number of benzene rings is 4. The minimum absolute atomic E-state index is 0.0221. The van der Waals surface area contributed by atoms with E-state index in [0.29, 0.717) is 26.5 Å². The maximum absolute atomic E-state index is 14.6. The van der Waals surface area contributed by atoms with Crippen LogP contribution >= 0.6 is 39.1 Å². The van der Waals surface area contributed by atoms with E-state index in [0.717, 1.165) is 9.87 Å². The zero-order valence-corrected chi connectivity index (χ0v) is 28.8. The highest BCUT2D eigenvalue weighted by Crippen LogP contribution is 2.30. The molecule has 0 aromatic heterocycles. The first-order valence-corrected chi connectivity index (χ1v) is 17.4. The van der Waals surface area contributed by atoms with Gasteiger partial charge in [-0.2, -0.15) is 0 Å². The van der Waals surface area contributed by atoms with Crippen molar-refractivity contribution in [2.45, 2.75) is 50.2 Å². The Kier molecular flexibility index (Phi) is 12.1. The van der Waals surface area contributed by atoms with Gasteiger partial charge in [0.15, 0.2) is 0 Å². The summed E-state index contributed by atoms with van der Waals surface area (Å²) in [6, 6.07) is 27.8. The number of nitrogens with one attached hydrogen (secondary N) is 1. The number of hydrogen-bond donors (Lipinski definition) is 1. The molecule has 0 heterocycles. The zero-order chi connectivity index (χ0) is 32.6. The van der Waals surface area contributed by atoms with Crippen LogP contribution in [0.15, 0.2) is 112 Å². The largest absolute Gasteiger partial charge is 0.352 e. The van der Waals surface area contributed by atoms with Crippen LogP contribution in [0.3, 0.4) is 0 Å². The number of hydrogen-bond acceptors (Lipinski definition) is 4. The van der Waals surface area contributed by atoms with Crippen LogP contribution in [0, 0.1) is 0 Å². The Hall–Kier alpha value is -3.37. The lowest BCUT2D eigenvalue weighted by atomic mass is 10.0. The molecular weight excluding hydrogens is 697 g/mol. The Labute approximate surface area is 283 Å². The van der Waals surface area contributed by atoms with Gasteiger partial charge < -0.3 is 10.2 Å². The lowest BCUT2D eigenvalue weighted by Crippen LogP contribution is -2.54. The predicted molar refractivity (Wildman–Crippen MR) is 184 cm³/mol. The summed E-state index contributed by atoms with van der Waals surface area (Å²) < 4.78 is 29.8. The topological polar surface area (TPSA) is 86.8 Å². The van der Waals surface area contributed by atoms with Crippen molar-refractivity contribution >= 4 is 66.7 Å². The van der Waals surface area contributed by atoms with Crippen molar-refractivity contribution in [3.8, 4) is 0 Å². The molecule has 0 spiro atoms. The SMILES string of the molecule is CC[C@H](C)NC(=O)[C@@H](Cc1ccccc1)N(Cc1c(Cl)cccc1Cl)C(=O)CN(c1cccc(Br)c1)S(=O)(=O)c1ccccc1. The Morgan fingerprint density at radius 2 is 1.47 bits per heavy atom. The smallest absolute Gasteiger partial charge is 0.264 e.